The van der Waals surface area contributed by atoms with Crippen LogP contribution in [-0.2, 0) is 9.47 Å². The van der Waals surface area contributed by atoms with Crippen molar-refractivity contribution in [3.05, 3.63) is 12.7 Å². The molecule has 1 saturated carbocycles. The van der Waals surface area contributed by atoms with E-state index in [2.05, 4.69) is 6.58 Å². The second-order valence-electron chi connectivity index (χ2n) is 4.53. The van der Waals surface area contributed by atoms with Crippen molar-refractivity contribution in [3.8, 4) is 0 Å². The van der Waals surface area contributed by atoms with Gasteiger partial charge in [0.1, 0.15) is 6.79 Å². The van der Waals surface area contributed by atoms with Crippen LogP contribution in [0.25, 0.3) is 0 Å². The summed E-state index contributed by atoms with van der Waals surface area (Å²) < 4.78 is 10.6. The summed E-state index contributed by atoms with van der Waals surface area (Å²) in [4.78, 5) is 0. The van der Waals surface area contributed by atoms with Gasteiger partial charge < -0.3 is 14.6 Å². The highest BCUT2D eigenvalue weighted by Gasteiger charge is 2.29. The van der Waals surface area contributed by atoms with Crippen LogP contribution in [0.1, 0.15) is 38.5 Å². The maximum absolute atomic E-state index is 10.0. The van der Waals surface area contributed by atoms with E-state index in [0.717, 1.165) is 12.8 Å². The summed E-state index contributed by atoms with van der Waals surface area (Å²) in [5.74, 6) is 0.471. The number of hydrogen-bond donors (Lipinski definition) is 1. The van der Waals surface area contributed by atoms with E-state index in [1.54, 1.807) is 13.2 Å². The molecule has 0 spiro atoms. The molecule has 0 heterocycles. The molecule has 94 valence electrons. The zero-order valence-electron chi connectivity index (χ0n) is 10.2. The molecular formula is C13H24O3. The van der Waals surface area contributed by atoms with Crippen molar-refractivity contribution in [2.24, 2.45) is 5.92 Å². The molecule has 0 radical (unpaired) electrons. The predicted octanol–water partition coefficient (Wildman–Crippen LogP) is 2.49. The van der Waals surface area contributed by atoms with Crippen LogP contribution in [0.2, 0.25) is 0 Å². The lowest BCUT2D eigenvalue weighted by atomic mass is 9.82. The molecule has 0 aliphatic heterocycles. The largest absolute Gasteiger partial charge is 0.390 e. The average molecular weight is 228 g/mol. The van der Waals surface area contributed by atoms with Crippen LogP contribution >= 0.6 is 0 Å². The first kappa shape index (κ1) is 13.7. The van der Waals surface area contributed by atoms with Crippen molar-refractivity contribution < 1.29 is 14.6 Å². The average Bonchev–Trinajstić information content (AvgIpc) is 2.31. The van der Waals surface area contributed by atoms with Gasteiger partial charge in [-0.1, -0.05) is 25.3 Å². The Bertz CT molecular complexity index is 188. The number of aliphatic hydroxyl groups is 1. The van der Waals surface area contributed by atoms with Crippen LogP contribution in [0, 0.1) is 5.92 Å². The summed E-state index contributed by atoms with van der Waals surface area (Å²) in [5.41, 5.74) is 0. The molecule has 1 aliphatic carbocycles. The lowest BCUT2D eigenvalue weighted by Gasteiger charge is -2.32. The number of methoxy groups -OCH3 is 1. The van der Waals surface area contributed by atoms with Gasteiger partial charge in [0.25, 0.3) is 0 Å². The SMILES string of the molecule is C=CC[C@@H](O)[C@H](OCOC)C1CCCCC1. The van der Waals surface area contributed by atoms with E-state index in [4.69, 9.17) is 9.47 Å². The minimum absolute atomic E-state index is 0.0988. The molecule has 0 aromatic rings. The standard InChI is InChI=1S/C13H24O3/c1-3-7-12(14)13(16-10-15-2)11-8-5-4-6-9-11/h3,11-14H,1,4-10H2,2H3/t12-,13-/m1/s1. The maximum Gasteiger partial charge on any atom is 0.146 e. The fourth-order valence-corrected chi connectivity index (χ4v) is 2.48. The molecular weight excluding hydrogens is 204 g/mol. The molecule has 0 aromatic carbocycles. The summed E-state index contributed by atoms with van der Waals surface area (Å²) in [6.07, 6.45) is 7.91. The van der Waals surface area contributed by atoms with E-state index in [0.29, 0.717) is 12.3 Å². The topological polar surface area (TPSA) is 38.7 Å². The molecule has 3 nitrogen and oxygen atoms in total. The lowest BCUT2D eigenvalue weighted by Crippen LogP contribution is -2.37. The van der Waals surface area contributed by atoms with Crippen molar-refractivity contribution in [1.82, 2.24) is 0 Å². The van der Waals surface area contributed by atoms with Gasteiger partial charge in [-0.05, 0) is 25.2 Å². The Labute approximate surface area is 98.4 Å². The van der Waals surface area contributed by atoms with Crippen LogP contribution in [0.5, 0.6) is 0 Å². The smallest absolute Gasteiger partial charge is 0.146 e. The first-order valence-corrected chi connectivity index (χ1v) is 6.19. The summed E-state index contributed by atoms with van der Waals surface area (Å²) in [6.45, 7) is 3.92. The van der Waals surface area contributed by atoms with E-state index >= 15 is 0 Å². The Hall–Kier alpha value is -0.380. The van der Waals surface area contributed by atoms with Crippen molar-refractivity contribution in [2.45, 2.75) is 50.7 Å². The molecule has 0 aromatic heterocycles. The molecule has 2 atom stereocenters. The van der Waals surface area contributed by atoms with Gasteiger partial charge in [-0.25, -0.2) is 0 Å². The molecule has 1 aliphatic rings. The van der Waals surface area contributed by atoms with Crippen LogP contribution in [0.15, 0.2) is 12.7 Å². The fourth-order valence-electron chi connectivity index (χ4n) is 2.48. The van der Waals surface area contributed by atoms with E-state index in [1.807, 2.05) is 0 Å². The number of hydrogen-bond acceptors (Lipinski definition) is 3. The molecule has 1 rings (SSSR count). The Morgan fingerprint density at radius 2 is 2.06 bits per heavy atom. The Morgan fingerprint density at radius 3 is 2.62 bits per heavy atom. The van der Waals surface area contributed by atoms with E-state index in [1.165, 1.54) is 19.3 Å². The predicted molar refractivity (Wildman–Crippen MR) is 64.1 cm³/mol. The monoisotopic (exact) mass is 228 g/mol. The molecule has 1 fully saturated rings. The molecule has 3 heteroatoms. The summed E-state index contributed by atoms with van der Waals surface area (Å²) in [6, 6.07) is 0. The molecule has 1 N–H and O–H groups in total. The third-order valence-corrected chi connectivity index (χ3v) is 3.28. The van der Waals surface area contributed by atoms with E-state index in [-0.39, 0.29) is 12.9 Å². The van der Waals surface area contributed by atoms with Gasteiger partial charge in [0.15, 0.2) is 0 Å². The van der Waals surface area contributed by atoms with Crippen LogP contribution in [-0.4, -0.2) is 31.2 Å². The Kier molecular flexibility index (Phi) is 6.69. The van der Waals surface area contributed by atoms with Crippen molar-refractivity contribution in [3.63, 3.8) is 0 Å². The van der Waals surface area contributed by atoms with Gasteiger partial charge in [0, 0.05) is 7.11 Å². The Morgan fingerprint density at radius 1 is 1.38 bits per heavy atom. The highest BCUT2D eigenvalue weighted by molar-refractivity contribution is 4.84. The molecule has 0 bridgehead atoms. The highest BCUT2D eigenvalue weighted by Crippen LogP contribution is 2.30. The number of aliphatic hydroxyl groups excluding tert-OH is 1. The summed E-state index contributed by atoms with van der Waals surface area (Å²) in [7, 11) is 1.61. The number of rotatable bonds is 7. The van der Waals surface area contributed by atoms with Gasteiger partial charge in [-0.15, -0.1) is 6.58 Å². The minimum Gasteiger partial charge on any atom is -0.390 e. The van der Waals surface area contributed by atoms with Gasteiger partial charge >= 0.3 is 0 Å². The second kappa shape index (κ2) is 7.82. The van der Waals surface area contributed by atoms with Crippen molar-refractivity contribution in [1.29, 1.82) is 0 Å². The fraction of sp³-hybridized carbons (Fsp3) is 0.846. The third-order valence-electron chi connectivity index (χ3n) is 3.28. The number of ether oxygens (including phenoxy) is 2. The van der Waals surface area contributed by atoms with E-state index < -0.39 is 6.10 Å². The van der Waals surface area contributed by atoms with Gasteiger partial charge in [-0.2, -0.15) is 0 Å². The molecule has 16 heavy (non-hydrogen) atoms. The first-order chi connectivity index (χ1) is 7.79. The third kappa shape index (κ3) is 4.24. The maximum atomic E-state index is 10.0. The van der Waals surface area contributed by atoms with Crippen LogP contribution in [0.3, 0.4) is 0 Å². The van der Waals surface area contributed by atoms with E-state index in [9.17, 15) is 5.11 Å². The minimum atomic E-state index is -0.448. The van der Waals surface area contributed by atoms with Crippen molar-refractivity contribution >= 4 is 0 Å². The first-order valence-electron chi connectivity index (χ1n) is 6.19. The molecule has 0 amide bonds. The normalized spacial score (nSPS) is 21.6. The van der Waals surface area contributed by atoms with Gasteiger partial charge in [0.2, 0.25) is 0 Å². The highest BCUT2D eigenvalue weighted by atomic mass is 16.7. The Balaban J connectivity index is 2.49. The zero-order valence-corrected chi connectivity index (χ0v) is 10.2. The quantitative estimate of drug-likeness (QED) is 0.537. The summed E-state index contributed by atoms with van der Waals surface area (Å²) >= 11 is 0. The second-order valence-corrected chi connectivity index (χ2v) is 4.53. The zero-order chi connectivity index (χ0) is 11.8. The molecule has 0 unspecified atom stereocenters. The van der Waals surface area contributed by atoms with Crippen molar-refractivity contribution in [2.75, 3.05) is 13.9 Å². The van der Waals surface area contributed by atoms with Crippen LogP contribution < -0.4 is 0 Å². The summed E-state index contributed by atoms with van der Waals surface area (Å²) in [5, 5.41) is 10.0. The van der Waals surface area contributed by atoms with Gasteiger partial charge in [-0.3, -0.25) is 0 Å². The lowest BCUT2D eigenvalue weighted by molar-refractivity contribution is -0.136. The van der Waals surface area contributed by atoms with Crippen LogP contribution in [0.4, 0.5) is 0 Å². The molecule has 0 saturated heterocycles. The van der Waals surface area contributed by atoms with Gasteiger partial charge in [0.05, 0.1) is 12.2 Å².